The third kappa shape index (κ3) is 4.44. The van der Waals surface area contributed by atoms with Crippen molar-refractivity contribution in [1.82, 2.24) is 19.3 Å². The van der Waals surface area contributed by atoms with E-state index in [1.807, 2.05) is 0 Å². The molecule has 1 fully saturated rings. The van der Waals surface area contributed by atoms with Crippen molar-refractivity contribution in [2.75, 3.05) is 25.5 Å². The number of hydrogen-bond acceptors (Lipinski definition) is 4. The molecule has 0 unspecified atom stereocenters. The third-order valence-electron chi connectivity index (χ3n) is 4.32. The maximum Gasteiger partial charge on any atom is 0.323 e. The van der Waals surface area contributed by atoms with Crippen molar-refractivity contribution in [2.24, 2.45) is 0 Å². The van der Waals surface area contributed by atoms with E-state index in [0.717, 1.165) is 32.0 Å². The van der Waals surface area contributed by atoms with Gasteiger partial charge in [-0.1, -0.05) is 0 Å². The van der Waals surface area contributed by atoms with Gasteiger partial charge in [0, 0.05) is 37.8 Å². The molecule has 1 saturated heterocycles. The highest BCUT2D eigenvalue weighted by molar-refractivity contribution is 6.13. The molecule has 3 rings (SSSR count). The van der Waals surface area contributed by atoms with Crippen molar-refractivity contribution in [3.63, 3.8) is 0 Å². The highest BCUT2D eigenvalue weighted by atomic mass is 35.5. The van der Waals surface area contributed by atoms with Crippen molar-refractivity contribution in [3.8, 4) is 11.3 Å². The van der Waals surface area contributed by atoms with E-state index >= 15 is 0 Å². The molecule has 2 aromatic rings. The molecule has 1 N–H and O–H groups in total. The standard InChI is InChI=1S/C17H18ClF2N5O/c1-24(14-2-4-25(18)5-3-14)17(26)23-16-10-21-15(9-22-16)11-6-12(19)8-13(20)7-11/h6-10,14H,2-5H2,1H3,(H,22,23,26). The van der Waals surface area contributed by atoms with Crippen molar-refractivity contribution < 1.29 is 13.6 Å². The largest absolute Gasteiger partial charge is 0.324 e. The highest BCUT2D eigenvalue weighted by Crippen LogP contribution is 2.20. The Morgan fingerprint density at radius 3 is 2.42 bits per heavy atom. The Hall–Kier alpha value is -2.32. The first kappa shape index (κ1) is 18.5. The average Bonchev–Trinajstić information content (AvgIpc) is 2.61. The van der Waals surface area contributed by atoms with Crippen LogP contribution in [0.4, 0.5) is 19.4 Å². The van der Waals surface area contributed by atoms with Crippen LogP contribution in [0.5, 0.6) is 0 Å². The van der Waals surface area contributed by atoms with Crippen LogP contribution in [-0.2, 0) is 0 Å². The third-order valence-corrected chi connectivity index (χ3v) is 4.66. The Bertz CT molecular complexity index is 761. The average molecular weight is 382 g/mol. The summed E-state index contributed by atoms with van der Waals surface area (Å²) in [6.07, 6.45) is 4.30. The minimum atomic E-state index is -0.691. The molecule has 2 heterocycles. The van der Waals surface area contributed by atoms with E-state index in [4.69, 9.17) is 11.8 Å². The lowest BCUT2D eigenvalue weighted by Gasteiger charge is -2.33. The normalized spacial score (nSPS) is 15.7. The van der Waals surface area contributed by atoms with Gasteiger partial charge >= 0.3 is 6.03 Å². The van der Waals surface area contributed by atoms with Crippen molar-refractivity contribution >= 4 is 23.6 Å². The van der Waals surface area contributed by atoms with E-state index < -0.39 is 11.6 Å². The predicted octanol–water partition coefficient (Wildman–Crippen LogP) is 3.50. The smallest absolute Gasteiger partial charge is 0.323 e. The Kier molecular flexibility index (Phi) is 5.63. The molecular formula is C17H18ClF2N5O. The molecule has 0 spiro atoms. The maximum atomic E-state index is 13.3. The van der Waals surface area contributed by atoms with Crippen molar-refractivity contribution in [2.45, 2.75) is 18.9 Å². The number of amides is 2. The van der Waals surface area contributed by atoms with E-state index in [1.54, 1.807) is 16.4 Å². The van der Waals surface area contributed by atoms with Crippen LogP contribution in [0.15, 0.2) is 30.6 Å². The minimum absolute atomic E-state index is 0.104. The zero-order valence-electron chi connectivity index (χ0n) is 14.1. The number of nitrogens with zero attached hydrogens (tertiary/aromatic N) is 4. The lowest BCUT2D eigenvalue weighted by molar-refractivity contribution is 0.175. The fourth-order valence-electron chi connectivity index (χ4n) is 2.83. The molecule has 1 aromatic heterocycles. The van der Waals surface area contributed by atoms with Crippen LogP contribution in [0.3, 0.4) is 0 Å². The number of carbonyl (C=O) groups excluding carboxylic acids is 1. The minimum Gasteiger partial charge on any atom is -0.324 e. The number of halogens is 3. The molecule has 1 aromatic carbocycles. The van der Waals surface area contributed by atoms with E-state index in [0.29, 0.717) is 5.69 Å². The van der Waals surface area contributed by atoms with Gasteiger partial charge in [-0.25, -0.2) is 23.0 Å². The molecular weight excluding hydrogens is 364 g/mol. The second-order valence-electron chi connectivity index (χ2n) is 6.13. The van der Waals surface area contributed by atoms with Crippen LogP contribution < -0.4 is 5.32 Å². The zero-order valence-corrected chi connectivity index (χ0v) is 14.9. The molecule has 0 aliphatic carbocycles. The number of carbonyl (C=O) groups is 1. The van der Waals surface area contributed by atoms with Crippen LogP contribution >= 0.6 is 11.8 Å². The number of aromatic nitrogens is 2. The van der Waals surface area contributed by atoms with Gasteiger partial charge in [-0.05, 0) is 36.8 Å². The van der Waals surface area contributed by atoms with E-state index in [9.17, 15) is 13.6 Å². The quantitative estimate of drug-likeness (QED) is 0.826. The van der Waals surface area contributed by atoms with Gasteiger partial charge in [0.2, 0.25) is 0 Å². The summed E-state index contributed by atoms with van der Waals surface area (Å²) in [4.78, 5) is 22.2. The molecule has 2 amide bonds. The fourth-order valence-corrected chi connectivity index (χ4v) is 3.02. The maximum absolute atomic E-state index is 13.3. The van der Waals surface area contributed by atoms with E-state index in [2.05, 4.69) is 15.3 Å². The summed E-state index contributed by atoms with van der Waals surface area (Å²) in [5.74, 6) is -1.12. The van der Waals surface area contributed by atoms with Crippen LogP contribution in [-0.4, -0.2) is 51.5 Å². The summed E-state index contributed by atoms with van der Waals surface area (Å²) < 4.78 is 28.3. The second kappa shape index (κ2) is 7.92. The molecule has 1 aliphatic heterocycles. The topological polar surface area (TPSA) is 61.4 Å². The molecule has 0 saturated carbocycles. The number of rotatable bonds is 3. The molecule has 0 radical (unpaired) electrons. The van der Waals surface area contributed by atoms with Gasteiger partial charge < -0.3 is 4.90 Å². The molecule has 0 bridgehead atoms. The summed E-state index contributed by atoms with van der Waals surface area (Å²) in [7, 11) is 1.72. The number of anilines is 1. The summed E-state index contributed by atoms with van der Waals surface area (Å²) in [6, 6.07) is 2.94. The predicted molar refractivity (Wildman–Crippen MR) is 94.6 cm³/mol. The van der Waals surface area contributed by atoms with Crippen LogP contribution in [0, 0.1) is 11.6 Å². The van der Waals surface area contributed by atoms with Crippen LogP contribution in [0.1, 0.15) is 12.8 Å². The molecule has 0 atom stereocenters. The zero-order chi connectivity index (χ0) is 18.7. The number of hydrogen-bond donors (Lipinski definition) is 1. The second-order valence-corrected chi connectivity index (χ2v) is 6.61. The summed E-state index contributed by atoms with van der Waals surface area (Å²) in [5, 5.41) is 2.67. The van der Waals surface area contributed by atoms with Gasteiger partial charge in [-0.15, -0.1) is 0 Å². The lowest BCUT2D eigenvalue weighted by atomic mass is 10.1. The van der Waals surface area contributed by atoms with Gasteiger partial charge in [0.25, 0.3) is 0 Å². The van der Waals surface area contributed by atoms with Gasteiger partial charge in [0.15, 0.2) is 5.82 Å². The molecule has 6 nitrogen and oxygen atoms in total. The molecule has 9 heteroatoms. The van der Waals surface area contributed by atoms with Gasteiger partial charge in [-0.3, -0.25) is 10.3 Å². The van der Waals surface area contributed by atoms with Gasteiger partial charge in [0.05, 0.1) is 18.1 Å². The van der Waals surface area contributed by atoms with E-state index in [-0.39, 0.29) is 23.5 Å². The Balaban J connectivity index is 1.64. The Morgan fingerprint density at radius 1 is 1.19 bits per heavy atom. The first-order valence-electron chi connectivity index (χ1n) is 8.15. The van der Waals surface area contributed by atoms with Gasteiger partial charge in [-0.2, -0.15) is 0 Å². The monoisotopic (exact) mass is 381 g/mol. The number of urea groups is 1. The SMILES string of the molecule is CN(C(=O)Nc1cnc(-c2cc(F)cc(F)c2)cn1)C1CCN(Cl)CC1. The Morgan fingerprint density at radius 2 is 1.85 bits per heavy atom. The first-order valence-corrected chi connectivity index (χ1v) is 8.49. The van der Waals surface area contributed by atoms with Crippen LogP contribution in [0.2, 0.25) is 0 Å². The summed E-state index contributed by atoms with van der Waals surface area (Å²) in [6.45, 7) is 1.45. The number of nitrogens with one attached hydrogen (secondary N) is 1. The van der Waals surface area contributed by atoms with Gasteiger partial charge in [0.1, 0.15) is 11.6 Å². The first-order chi connectivity index (χ1) is 12.4. The van der Waals surface area contributed by atoms with Crippen molar-refractivity contribution in [1.29, 1.82) is 0 Å². The number of piperidine rings is 1. The summed E-state index contributed by atoms with van der Waals surface area (Å²) in [5.41, 5.74) is 0.585. The Labute approximate surface area is 154 Å². The van der Waals surface area contributed by atoms with E-state index in [1.165, 1.54) is 24.5 Å². The highest BCUT2D eigenvalue weighted by Gasteiger charge is 2.25. The molecule has 26 heavy (non-hydrogen) atoms. The fraction of sp³-hybridized carbons (Fsp3) is 0.353. The summed E-state index contributed by atoms with van der Waals surface area (Å²) >= 11 is 5.93. The number of benzene rings is 1. The van der Waals surface area contributed by atoms with Crippen molar-refractivity contribution in [3.05, 3.63) is 42.2 Å². The lowest BCUT2D eigenvalue weighted by Crippen LogP contribution is -2.45. The molecule has 138 valence electrons. The molecule has 1 aliphatic rings. The van der Waals surface area contributed by atoms with Crippen LogP contribution in [0.25, 0.3) is 11.3 Å².